The third kappa shape index (κ3) is 46.0. The summed E-state index contributed by atoms with van der Waals surface area (Å²) < 4.78 is 16.7. The average molecular weight is 825 g/mol. The SMILES string of the molecule is CC/C=C\C/C=C\C/C=C\C/C=C\CCC(=O)OC(COC(=O)CCCCCCCCCCC)COC(=O)CCCCCCCCCCC/C=C\CCCCCCCC. The predicted molar refractivity (Wildman–Crippen MR) is 251 cm³/mol. The highest BCUT2D eigenvalue weighted by molar-refractivity contribution is 5.71. The van der Waals surface area contributed by atoms with Gasteiger partial charge in [0.1, 0.15) is 13.2 Å². The maximum absolute atomic E-state index is 12.7. The van der Waals surface area contributed by atoms with E-state index in [0.717, 1.165) is 64.2 Å². The Kier molecular flexibility index (Phi) is 45.4. The molecular formula is C53H92O6. The van der Waals surface area contributed by atoms with Crippen molar-refractivity contribution in [3.05, 3.63) is 60.8 Å². The molecule has 0 radical (unpaired) electrons. The second kappa shape index (κ2) is 47.8. The van der Waals surface area contributed by atoms with E-state index in [0.29, 0.717) is 19.3 Å². The van der Waals surface area contributed by atoms with E-state index in [4.69, 9.17) is 14.2 Å². The lowest BCUT2D eigenvalue weighted by molar-refractivity contribution is -0.166. The van der Waals surface area contributed by atoms with Gasteiger partial charge in [-0.25, -0.2) is 0 Å². The first-order valence-electron chi connectivity index (χ1n) is 24.8. The number of hydrogen-bond donors (Lipinski definition) is 0. The van der Waals surface area contributed by atoms with Gasteiger partial charge in [-0.05, 0) is 70.6 Å². The molecule has 1 atom stereocenters. The molecule has 0 aliphatic rings. The standard InChI is InChI=1S/C53H92O6/c1-4-7-10-13-16-19-21-23-24-25-26-27-28-30-31-34-37-40-43-46-52(55)58-49-50(48-57-51(54)45-42-39-36-33-18-15-12-9-6-3)59-53(56)47-44-41-38-35-32-29-22-20-17-14-11-8-5-2/h8,11,17,20,23-24,29,32,38,41,50H,4-7,9-10,12-16,18-19,21-22,25-28,30-31,33-37,39-40,42-49H2,1-3H3/b11-8-,20-17-,24-23-,32-29-,41-38-. The molecule has 59 heavy (non-hydrogen) atoms. The normalized spacial score (nSPS) is 12.5. The van der Waals surface area contributed by atoms with Gasteiger partial charge < -0.3 is 14.2 Å². The summed E-state index contributed by atoms with van der Waals surface area (Å²) in [5.41, 5.74) is 0. The first-order valence-corrected chi connectivity index (χ1v) is 24.8. The summed E-state index contributed by atoms with van der Waals surface area (Å²) in [6.45, 7) is 6.43. The zero-order valence-corrected chi connectivity index (χ0v) is 38.8. The van der Waals surface area contributed by atoms with Crippen LogP contribution in [0, 0.1) is 0 Å². The highest BCUT2D eigenvalue weighted by Crippen LogP contribution is 2.14. The number of carbonyl (C=O) groups is 3. The van der Waals surface area contributed by atoms with Crippen LogP contribution in [-0.2, 0) is 28.6 Å². The van der Waals surface area contributed by atoms with Crippen molar-refractivity contribution < 1.29 is 28.6 Å². The van der Waals surface area contributed by atoms with Crippen LogP contribution in [0.3, 0.4) is 0 Å². The summed E-state index contributed by atoms with van der Waals surface area (Å²) in [5.74, 6) is -0.988. The van der Waals surface area contributed by atoms with Crippen LogP contribution in [0.5, 0.6) is 0 Å². The van der Waals surface area contributed by atoms with E-state index >= 15 is 0 Å². The fraction of sp³-hybridized carbons (Fsp3) is 0.755. The molecule has 0 amide bonds. The predicted octanol–water partition coefficient (Wildman–Crippen LogP) is 16.1. The molecular weight excluding hydrogens is 733 g/mol. The van der Waals surface area contributed by atoms with Gasteiger partial charge in [-0.2, -0.15) is 0 Å². The van der Waals surface area contributed by atoms with Crippen LogP contribution < -0.4 is 0 Å². The smallest absolute Gasteiger partial charge is 0.306 e. The first kappa shape index (κ1) is 56.1. The highest BCUT2D eigenvalue weighted by atomic mass is 16.6. The Balaban J connectivity index is 4.36. The molecule has 1 unspecified atom stereocenters. The minimum atomic E-state index is -0.808. The van der Waals surface area contributed by atoms with E-state index in [-0.39, 0.29) is 37.5 Å². The van der Waals surface area contributed by atoms with Crippen molar-refractivity contribution in [1.82, 2.24) is 0 Å². The van der Waals surface area contributed by atoms with Gasteiger partial charge in [0.2, 0.25) is 0 Å². The zero-order valence-electron chi connectivity index (χ0n) is 38.8. The van der Waals surface area contributed by atoms with E-state index in [9.17, 15) is 14.4 Å². The Morgan fingerprint density at radius 3 is 1.10 bits per heavy atom. The van der Waals surface area contributed by atoms with Crippen LogP contribution in [0.25, 0.3) is 0 Å². The summed E-state index contributed by atoms with van der Waals surface area (Å²) in [4.78, 5) is 37.8. The van der Waals surface area contributed by atoms with Crippen molar-refractivity contribution in [2.45, 2.75) is 245 Å². The number of hydrogen-bond acceptors (Lipinski definition) is 6. The summed E-state index contributed by atoms with van der Waals surface area (Å²) in [5, 5.41) is 0. The lowest BCUT2D eigenvalue weighted by Crippen LogP contribution is -2.30. The number of ether oxygens (including phenoxy) is 3. The molecule has 0 aromatic carbocycles. The molecule has 340 valence electrons. The molecule has 0 aromatic rings. The number of carbonyl (C=O) groups excluding carboxylic acids is 3. The Morgan fingerprint density at radius 1 is 0.356 bits per heavy atom. The van der Waals surface area contributed by atoms with Crippen LogP contribution in [0.1, 0.15) is 239 Å². The van der Waals surface area contributed by atoms with Crippen LogP contribution in [0.15, 0.2) is 60.8 Å². The lowest BCUT2D eigenvalue weighted by atomic mass is 10.1. The molecule has 0 aromatic heterocycles. The van der Waals surface area contributed by atoms with Gasteiger partial charge in [0.25, 0.3) is 0 Å². The van der Waals surface area contributed by atoms with Gasteiger partial charge in [-0.15, -0.1) is 0 Å². The maximum Gasteiger partial charge on any atom is 0.306 e. The number of unbranched alkanes of at least 4 members (excludes halogenated alkanes) is 23. The fourth-order valence-electron chi connectivity index (χ4n) is 6.80. The Bertz CT molecular complexity index is 1090. The Labute approximate surface area is 364 Å². The molecule has 0 aliphatic carbocycles. The number of allylic oxidation sites excluding steroid dienone is 10. The van der Waals surface area contributed by atoms with Crippen molar-refractivity contribution in [2.24, 2.45) is 0 Å². The molecule has 0 aliphatic heterocycles. The molecule has 6 nitrogen and oxygen atoms in total. The van der Waals surface area contributed by atoms with Crippen molar-refractivity contribution >= 4 is 17.9 Å². The van der Waals surface area contributed by atoms with Crippen molar-refractivity contribution in [1.29, 1.82) is 0 Å². The van der Waals surface area contributed by atoms with Crippen LogP contribution in [-0.4, -0.2) is 37.2 Å². The molecule has 0 bridgehead atoms. The summed E-state index contributed by atoms with van der Waals surface area (Å²) >= 11 is 0. The van der Waals surface area contributed by atoms with E-state index in [1.807, 2.05) is 12.2 Å². The Hall–Kier alpha value is -2.89. The van der Waals surface area contributed by atoms with Crippen molar-refractivity contribution in [2.75, 3.05) is 13.2 Å². The largest absolute Gasteiger partial charge is 0.462 e. The van der Waals surface area contributed by atoms with Crippen LogP contribution >= 0.6 is 0 Å². The van der Waals surface area contributed by atoms with Gasteiger partial charge in [0, 0.05) is 19.3 Å². The highest BCUT2D eigenvalue weighted by Gasteiger charge is 2.19. The molecule has 0 N–H and O–H groups in total. The van der Waals surface area contributed by atoms with Gasteiger partial charge >= 0.3 is 17.9 Å². The average Bonchev–Trinajstić information content (AvgIpc) is 3.23. The van der Waals surface area contributed by atoms with Gasteiger partial charge in [0.15, 0.2) is 6.10 Å². The van der Waals surface area contributed by atoms with E-state index in [1.165, 1.54) is 128 Å². The van der Waals surface area contributed by atoms with Crippen molar-refractivity contribution in [3.63, 3.8) is 0 Å². The summed E-state index contributed by atoms with van der Waals surface area (Å²) in [7, 11) is 0. The van der Waals surface area contributed by atoms with E-state index in [1.54, 1.807) is 0 Å². The molecule has 0 saturated carbocycles. The Morgan fingerprint density at radius 2 is 0.695 bits per heavy atom. The second-order valence-corrected chi connectivity index (χ2v) is 16.3. The summed E-state index contributed by atoms with van der Waals surface area (Å²) in [6, 6.07) is 0. The third-order valence-corrected chi connectivity index (χ3v) is 10.5. The first-order chi connectivity index (χ1) is 29.0. The second-order valence-electron chi connectivity index (χ2n) is 16.3. The minimum Gasteiger partial charge on any atom is -0.462 e. The summed E-state index contributed by atoms with van der Waals surface area (Å²) in [6.07, 6.45) is 58.0. The number of esters is 3. The zero-order chi connectivity index (χ0) is 43.0. The van der Waals surface area contributed by atoms with Crippen LogP contribution in [0.2, 0.25) is 0 Å². The fourth-order valence-corrected chi connectivity index (χ4v) is 6.80. The van der Waals surface area contributed by atoms with Crippen LogP contribution in [0.4, 0.5) is 0 Å². The molecule has 6 heteroatoms. The maximum atomic E-state index is 12.7. The molecule has 0 rings (SSSR count). The van der Waals surface area contributed by atoms with Gasteiger partial charge in [-0.3, -0.25) is 14.4 Å². The molecule has 0 saturated heterocycles. The molecule has 0 heterocycles. The molecule has 0 spiro atoms. The van der Waals surface area contributed by atoms with E-state index < -0.39 is 6.10 Å². The quantitative estimate of drug-likeness (QED) is 0.0263. The monoisotopic (exact) mass is 825 g/mol. The topological polar surface area (TPSA) is 78.9 Å². The van der Waals surface area contributed by atoms with Gasteiger partial charge in [0.05, 0.1) is 0 Å². The lowest BCUT2D eigenvalue weighted by Gasteiger charge is -2.18. The van der Waals surface area contributed by atoms with Gasteiger partial charge in [-0.1, -0.05) is 210 Å². The van der Waals surface area contributed by atoms with Crippen molar-refractivity contribution in [3.8, 4) is 0 Å². The molecule has 0 fully saturated rings. The third-order valence-electron chi connectivity index (χ3n) is 10.5. The minimum absolute atomic E-state index is 0.102. The number of rotatable bonds is 44. The van der Waals surface area contributed by atoms with E-state index in [2.05, 4.69) is 69.4 Å².